The minimum Gasteiger partial charge on any atom is -0.492 e. The van der Waals surface area contributed by atoms with Crippen molar-refractivity contribution in [2.24, 2.45) is 0 Å². The lowest BCUT2D eigenvalue weighted by Gasteiger charge is -2.44. The molecule has 0 aliphatic carbocycles. The second kappa shape index (κ2) is 12.4. The first-order valence-electron chi connectivity index (χ1n) is 12.6. The fourth-order valence-corrected chi connectivity index (χ4v) is 10.7. The number of rotatable bonds is 10. The fraction of sp³-hybridized carbons (Fsp3) is 0.448. The third-order valence-corrected chi connectivity index (χ3v) is 13.0. The van der Waals surface area contributed by atoms with Gasteiger partial charge in [0.2, 0.25) is 8.32 Å². The molecule has 0 aromatic heterocycles. The Labute approximate surface area is 215 Å². The van der Waals surface area contributed by atoms with E-state index in [4.69, 9.17) is 18.6 Å². The molecule has 1 aliphatic rings. The van der Waals surface area contributed by atoms with E-state index in [-0.39, 0.29) is 6.61 Å². The zero-order valence-electron chi connectivity index (χ0n) is 22.0. The summed E-state index contributed by atoms with van der Waals surface area (Å²) in [6.45, 7) is 13.5. The van der Waals surface area contributed by atoms with Crippen molar-refractivity contribution in [2.75, 3.05) is 6.61 Å². The van der Waals surface area contributed by atoms with Gasteiger partial charge in [-0.1, -0.05) is 77.9 Å². The third kappa shape index (κ3) is 6.26. The van der Waals surface area contributed by atoms with Crippen molar-refractivity contribution in [1.29, 1.82) is 0 Å². The van der Waals surface area contributed by atoms with Crippen molar-refractivity contribution in [1.82, 2.24) is 0 Å². The maximum absolute atomic E-state index is 13.0. The average Bonchev–Trinajstić information content (AvgIpc) is 2.86. The van der Waals surface area contributed by atoms with Gasteiger partial charge >= 0.3 is 11.9 Å². The van der Waals surface area contributed by atoms with Crippen LogP contribution in [-0.2, 0) is 18.6 Å². The van der Waals surface area contributed by atoms with Crippen molar-refractivity contribution < 1.29 is 28.2 Å². The fourth-order valence-electron chi connectivity index (χ4n) is 5.26. The first kappa shape index (κ1) is 27.7. The summed E-state index contributed by atoms with van der Waals surface area (Å²) in [5.74, 6) is -1.01. The predicted molar refractivity (Wildman–Crippen MR) is 142 cm³/mol. The van der Waals surface area contributed by atoms with Crippen LogP contribution in [0.1, 0.15) is 62.3 Å². The van der Waals surface area contributed by atoms with E-state index in [0.717, 1.165) is 0 Å². The third-order valence-electron chi connectivity index (χ3n) is 6.92. The first-order chi connectivity index (χ1) is 17.2. The Morgan fingerprint density at radius 2 is 1.25 bits per heavy atom. The van der Waals surface area contributed by atoms with E-state index in [0.29, 0.717) is 27.8 Å². The van der Waals surface area contributed by atoms with E-state index in [1.165, 1.54) is 6.26 Å². The summed E-state index contributed by atoms with van der Waals surface area (Å²) in [4.78, 5) is 25.9. The summed E-state index contributed by atoms with van der Waals surface area (Å²) in [6.07, 6.45) is 0.805. The molecule has 0 N–H and O–H groups in total. The Kier molecular flexibility index (Phi) is 9.51. The molecule has 2 aromatic carbocycles. The quantitative estimate of drug-likeness (QED) is 0.267. The number of hydrogen-bond acceptors (Lipinski definition) is 6. The number of carbonyl (C=O) groups is 2. The Balaban J connectivity index is 1.86. The summed E-state index contributed by atoms with van der Waals surface area (Å²) in [6, 6.07) is 17.5. The van der Waals surface area contributed by atoms with Gasteiger partial charge in [-0.2, -0.15) is 0 Å². The van der Waals surface area contributed by atoms with Gasteiger partial charge in [-0.3, -0.25) is 0 Å². The van der Waals surface area contributed by atoms with Crippen molar-refractivity contribution >= 4 is 20.3 Å². The highest BCUT2D eigenvalue weighted by atomic mass is 28.4. The number of benzene rings is 2. The van der Waals surface area contributed by atoms with Gasteiger partial charge in [-0.05, 0) is 47.0 Å². The summed E-state index contributed by atoms with van der Waals surface area (Å²) >= 11 is 0. The van der Waals surface area contributed by atoms with Gasteiger partial charge in [0.25, 0.3) is 0 Å². The van der Waals surface area contributed by atoms with Crippen LogP contribution in [0.3, 0.4) is 0 Å². The molecule has 0 radical (unpaired) electrons. The molecule has 1 aliphatic heterocycles. The largest absolute Gasteiger partial charge is 0.492 e. The molecule has 2 aromatic rings. The van der Waals surface area contributed by atoms with Crippen LogP contribution in [0.5, 0.6) is 0 Å². The Bertz CT molecular complexity index is 997. The van der Waals surface area contributed by atoms with Crippen molar-refractivity contribution in [3.63, 3.8) is 0 Å². The van der Waals surface area contributed by atoms with Crippen LogP contribution in [0, 0.1) is 0 Å². The second-order valence-electron chi connectivity index (χ2n) is 10.1. The summed E-state index contributed by atoms with van der Waals surface area (Å²) in [5, 5.41) is 0. The molecule has 36 heavy (non-hydrogen) atoms. The molecule has 0 spiro atoms. The molecular weight excluding hydrogens is 472 g/mol. The monoisotopic (exact) mass is 510 g/mol. The Morgan fingerprint density at radius 1 is 0.778 bits per heavy atom. The van der Waals surface area contributed by atoms with E-state index >= 15 is 0 Å². The molecule has 0 unspecified atom stereocenters. The molecule has 0 saturated carbocycles. The molecule has 3 atom stereocenters. The highest BCUT2D eigenvalue weighted by molar-refractivity contribution is 6.77. The van der Waals surface area contributed by atoms with Gasteiger partial charge in [0.05, 0.1) is 24.0 Å². The van der Waals surface area contributed by atoms with E-state index in [9.17, 15) is 9.59 Å². The minimum absolute atomic E-state index is 0.233. The predicted octanol–water partition coefficient (Wildman–Crippen LogP) is 6.54. The van der Waals surface area contributed by atoms with Gasteiger partial charge in [0, 0.05) is 0 Å². The molecule has 0 bridgehead atoms. The maximum Gasteiger partial charge on any atom is 0.338 e. The van der Waals surface area contributed by atoms with Crippen molar-refractivity contribution in [2.45, 2.75) is 76.5 Å². The van der Waals surface area contributed by atoms with Gasteiger partial charge < -0.3 is 18.6 Å². The molecule has 7 heteroatoms. The van der Waals surface area contributed by atoms with Gasteiger partial charge in [0.15, 0.2) is 18.3 Å². The van der Waals surface area contributed by atoms with E-state index in [1.807, 2.05) is 12.1 Å². The normalized spacial score (nSPS) is 19.9. The van der Waals surface area contributed by atoms with Crippen LogP contribution in [0.2, 0.25) is 16.6 Å². The van der Waals surface area contributed by atoms with Crippen molar-refractivity contribution in [3.8, 4) is 0 Å². The van der Waals surface area contributed by atoms with Crippen LogP contribution in [0.4, 0.5) is 0 Å². The molecule has 194 valence electrons. The smallest absolute Gasteiger partial charge is 0.338 e. The van der Waals surface area contributed by atoms with Crippen molar-refractivity contribution in [3.05, 3.63) is 84.1 Å². The molecule has 1 heterocycles. The van der Waals surface area contributed by atoms with Gasteiger partial charge in [-0.15, -0.1) is 0 Å². The summed E-state index contributed by atoms with van der Waals surface area (Å²) < 4.78 is 24.4. The summed E-state index contributed by atoms with van der Waals surface area (Å²) in [7, 11) is -2.20. The Hall–Kier alpha value is -2.90. The van der Waals surface area contributed by atoms with Crippen LogP contribution >= 0.6 is 0 Å². The number of esters is 2. The van der Waals surface area contributed by atoms with Crippen LogP contribution in [0.15, 0.2) is 73.0 Å². The average molecular weight is 511 g/mol. The zero-order chi connectivity index (χ0) is 26.3. The lowest BCUT2D eigenvalue weighted by molar-refractivity contribution is -0.0947. The lowest BCUT2D eigenvalue weighted by Crippen LogP contribution is -2.53. The highest BCUT2D eigenvalue weighted by Gasteiger charge is 2.47. The molecule has 6 nitrogen and oxygen atoms in total. The van der Waals surface area contributed by atoms with Gasteiger partial charge in [0.1, 0.15) is 0 Å². The maximum atomic E-state index is 13.0. The number of ether oxygens (including phenoxy) is 3. The van der Waals surface area contributed by atoms with E-state index in [2.05, 4.69) is 41.5 Å². The van der Waals surface area contributed by atoms with E-state index < -0.39 is 38.6 Å². The van der Waals surface area contributed by atoms with E-state index in [1.54, 1.807) is 54.6 Å². The summed E-state index contributed by atoms with van der Waals surface area (Å²) in [5.41, 5.74) is 1.98. The lowest BCUT2D eigenvalue weighted by atomic mass is 10.1. The van der Waals surface area contributed by atoms with Crippen LogP contribution < -0.4 is 0 Å². The molecule has 0 saturated heterocycles. The zero-order valence-corrected chi connectivity index (χ0v) is 23.0. The second-order valence-corrected chi connectivity index (χ2v) is 15.6. The topological polar surface area (TPSA) is 71.1 Å². The first-order valence-corrected chi connectivity index (χ1v) is 14.8. The highest BCUT2D eigenvalue weighted by Crippen LogP contribution is 2.42. The molecule has 0 fully saturated rings. The SMILES string of the molecule is CC(C)[Si](OC[C@H]1OC=C[C@@H](OC(=O)c2ccccc2)[C@@H]1OC(=O)c1ccccc1)(C(C)C)C(C)C. The molecular formula is C29H38O6Si. The number of carbonyl (C=O) groups excluding carboxylic acids is 2. The standard InChI is InChI=1S/C29H38O6Si/c1-20(2)36(21(3)4,22(5)6)33-19-26-27(35-29(31)24-15-11-8-12-16-24)25(17-18-32-26)34-28(30)23-13-9-7-10-14-23/h7-18,20-22,25-27H,19H2,1-6H3/t25-,26-,27+/m1/s1. The van der Waals surface area contributed by atoms with Crippen LogP contribution in [-0.4, -0.2) is 45.2 Å². The molecule has 3 rings (SSSR count). The minimum atomic E-state index is -2.20. The Morgan fingerprint density at radius 3 is 1.72 bits per heavy atom. The van der Waals surface area contributed by atoms with Crippen LogP contribution in [0.25, 0.3) is 0 Å². The molecule has 0 amide bonds. The number of hydrogen-bond donors (Lipinski definition) is 0. The van der Waals surface area contributed by atoms with Gasteiger partial charge in [-0.25, -0.2) is 9.59 Å².